The summed E-state index contributed by atoms with van der Waals surface area (Å²) in [6.45, 7) is 0. The van der Waals surface area contributed by atoms with Crippen molar-refractivity contribution in [2.24, 2.45) is 0 Å². The Labute approximate surface area is 242 Å². The third-order valence-corrected chi connectivity index (χ3v) is 8.54. The summed E-state index contributed by atoms with van der Waals surface area (Å²) in [6, 6.07) is 52.3. The number of benzene rings is 6. The zero-order valence-corrected chi connectivity index (χ0v) is 22.8. The lowest BCUT2D eigenvalue weighted by atomic mass is 9.99. The fourth-order valence-electron chi connectivity index (χ4n) is 6.76. The molecule has 0 N–H and O–H groups in total. The quantitative estimate of drug-likeness (QED) is 0.221. The summed E-state index contributed by atoms with van der Waals surface area (Å²) in [5.74, 6) is 0. The number of pyridine rings is 1. The highest BCUT2D eigenvalue weighted by Crippen LogP contribution is 2.43. The highest BCUT2D eigenvalue weighted by Gasteiger charge is 2.21. The van der Waals surface area contributed by atoms with Gasteiger partial charge >= 0.3 is 0 Å². The van der Waals surface area contributed by atoms with Gasteiger partial charge in [-0.15, -0.1) is 0 Å². The summed E-state index contributed by atoms with van der Waals surface area (Å²) < 4.78 is 4.76. The Morgan fingerprint density at radius 3 is 1.88 bits per heavy atom. The van der Waals surface area contributed by atoms with Gasteiger partial charge in [0, 0.05) is 50.2 Å². The van der Waals surface area contributed by atoms with Gasteiger partial charge in [0.2, 0.25) is 0 Å². The molecule has 3 heterocycles. The normalized spacial score (nSPS) is 11.8. The number of hydrogen-bond donors (Lipinski definition) is 0. The first-order valence-electron chi connectivity index (χ1n) is 14.3. The summed E-state index contributed by atoms with van der Waals surface area (Å²) in [5.41, 5.74) is 9.18. The number of aromatic nitrogens is 3. The lowest BCUT2D eigenvalue weighted by Gasteiger charge is -2.15. The van der Waals surface area contributed by atoms with E-state index >= 15 is 0 Å². The number of para-hydroxylation sites is 4. The summed E-state index contributed by atoms with van der Waals surface area (Å²) >= 11 is 0. The lowest BCUT2D eigenvalue weighted by Crippen LogP contribution is -1.98. The lowest BCUT2D eigenvalue weighted by molar-refractivity contribution is 1.14. The van der Waals surface area contributed by atoms with E-state index in [0.717, 1.165) is 22.4 Å². The van der Waals surface area contributed by atoms with E-state index < -0.39 is 0 Å². The Balaban J connectivity index is 1.45. The van der Waals surface area contributed by atoms with Crippen molar-refractivity contribution < 1.29 is 0 Å². The molecule has 0 amide bonds. The van der Waals surface area contributed by atoms with Crippen LogP contribution in [0.5, 0.6) is 0 Å². The van der Waals surface area contributed by atoms with Crippen molar-refractivity contribution in [3.63, 3.8) is 0 Å². The van der Waals surface area contributed by atoms with Gasteiger partial charge in [-0.2, -0.15) is 0 Å². The molecule has 3 aromatic heterocycles. The van der Waals surface area contributed by atoms with Gasteiger partial charge in [-0.3, -0.25) is 4.57 Å². The predicted molar refractivity (Wildman–Crippen MR) is 176 cm³/mol. The maximum Gasteiger partial charge on any atom is 0.145 e. The second-order valence-electron chi connectivity index (χ2n) is 10.8. The first-order valence-corrected chi connectivity index (χ1v) is 14.3. The zero-order valence-electron chi connectivity index (χ0n) is 22.8. The van der Waals surface area contributed by atoms with Crippen LogP contribution in [-0.4, -0.2) is 14.1 Å². The van der Waals surface area contributed by atoms with Crippen LogP contribution in [0.4, 0.5) is 0 Å². The van der Waals surface area contributed by atoms with Gasteiger partial charge in [0.05, 0.1) is 16.6 Å². The monoisotopic (exact) mass is 535 g/mol. The molecule has 0 aliphatic carbocycles. The van der Waals surface area contributed by atoms with E-state index in [9.17, 15) is 0 Å². The molecule has 0 unspecified atom stereocenters. The fraction of sp³-hybridized carbons (Fsp3) is 0. The molecule has 0 saturated heterocycles. The Morgan fingerprint density at radius 1 is 0.405 bits per heavy atom. The molecule has 0 radical (unpaired) electrons. The molecule has 0 atom stereocenters. The van der Waals surface area contributed by atoms with E-state index in [1.807, 2.05) is 12.3 Å². The predicted octanol–water partition coefficient (Wildman–Crippen LogP) is 10.1. The molecule has 9 rings (SSSR count). The van der Waals surface area contributed by atoms with Gasteiger partial charge in [-0.05, 0) is 53.2 Å². The van der Waals surface area contributed by atoms with Crippen LogP contribution in [0.2, 0.25) is 0 Å². The highest BCUT2D eigenvalue weighted by molar-refractivity contribution is 6.18. The number of nitrogens with zero attached hydrogens (tertiary/aromatic N) is 3. The average molecular weight is 536 g/mol. The minimum absolute atomic E-state index is 0.966. The van der Waals surface area contributed by atoms with Crippen LogP contribution in [0.3, 0.4) is 0 Å². The van der Waals surface area contributed by atoms with Gasteiger partial charge in [-0.25, -0.2) is 4.98 Å². The maximum absolute atomic E-state index is 4.88. The standard InChI is InChI=1S/C39H25N3/c1-2-13-28(14-3-1)42-38-33(18-9-19-34(38)35-20-10-24-40-39(35)42)32-17-8-16-31-30-15-6-7-21-36(30)41(37(31)32)29-23-22-26-11-4-5-12-27(26)25-29/h1-25H. The van der Waals surface area contributed by atoms with Crippen molar-refractivity contribution in [2.45, 2.75) is 0 Å². The molecular formula is C39H25N3. The van der Waals surface area contributed by atoms with Gasteiger partial charge in [0.15, 0.2) is 0 Å². The van der Waals surface area contributed by atoms with Gasteiger partial charge in [-0.1, -0.05) is 103 Å². The SMILES string of the molecule is c1ccc(-n2c3ncccc3c3cccc(-c4cccc5c6ccccc6n(-c6ccc7ccccc7c6)c45)c32)cc1. The van der Waals surface area contributed by atoms with Gasteiger partial charge in [0.25, 0.3) is 0 Å². The highest BCUT2D eigenvalue weighted by atomic mass is 15.0. The molecule has 0 saturated carbocycles. The van der Waals surface area contributed by atoms with Gasteiger partial charge < -0.3 is 4.57 Å². The van der Waals surface area contributed by atoms with E-state index in [1.54, 1.807) is 0 Å². The van der Waals surface area contributed by atoms with E-state index in [0.29, 0.717) is 0 Å². The Kier molecular flexibility index (Phi) is 4.90. The van der Waals surface area contributed by atoms with Crippen LogP contribution < -0.4 is 0 Å². The molecule has 0 fully saturated rings. The second kappa shape index (κ2) is 8.92. The summed E-state index contributed by atoms with van der Waals surface area (Å²) in [4.78, 5) is 4.88. The first-order chi connectivity index (χ1) is 20.9. The molecule has 196 valence electrons. The molecule has 0 aliphatic rings. The summed E-state index contributed by atoms with van der Waals surface area (Å²) in [7, 11) is 0. The third kappa shape index (κ3) is 3.25. The molecule has 0 bridgehead atoms. The minimum Gasteiger partial charge on any atom is -0.309 e. The molecule has 9 aromatic rings. The molecule has 3 heteroatoms. The largest absolute Gasteiger partial charge is 0.309 e. The van der Waals surface area contributed by atoms with Crippen molar-refractivity contribution in [1.82, 2.24) is 14.1 Å². The minimum atomic E-state index is 0.966. The average Bonchev–Trinajstić information content (AvgIpc) is 3.58. The molecule has 0 spiro atoms. The van der Waals surface area contributed by atoms with Gasteiger partial charge in [0.1, 0.15) is 5.65 Å². The summed E-state index contributed by atoms with van der Waals surface area (Å²) in [6.07, 6.45) is 1.89. The maximum atomic E-state index is 4.88. The van der Waals surface area contributed by atoms with Crippen LogP contribution in [0.25, 0.3) is 77.0 Å². The van der Waals surface area contributed by atoms with Crippen molar-refractivity contribution in [3.05, 3.63) is 152 Å². The van der Waals surface area contributed by atoms with Crippen molar-refractivity contribution in [2.75, 3.05) is 0 Å². The Bertz CT molecular complexity index is 2460. The van der Waals surface area contributed by atoms with Crippen LogP contribution in [0, 0.1) is 0 Å². The smallest absolute Gasteiger partial charge is 0.145 e. The first kappa shape index (κ1) is 23.1. The second-order valence-corrected chi connectivity index (χ2v) is 10.8. The molecule has 3 nitrogen and oxygen atoms in total. The Hall–Kier alpha value is -5.67. The molecular weight excluding hydrogens is 510 g/mol. The number of hydrogen-bond acceptors (Lipinski definition) is 1. The van der Waals surface area contributed by atoms with Crippen molar-refractivity contribution in [3.8, 4) is 22.5 Å². The van der Waals surface area contributed by atoms with E-state index in [-0.39, 0.29) is 0 Å². The third-order valence-electron chi connectivity index (χ3n) is 8.54. The molecule has 0 aliphatic heterocycles. The topological polar surface area (TPSA) is 22.8 Å². The number of rotatable bonds is 3. The Morgan fingerprint density at radius 2 is 1.05 bits per heavy atom. The molecule has 42 heavy (non-hydrogen) atoms. The van der Waals surface area contributed by atoms with Crippen LogP contribution >= 0.6 is 0 Å². The fourth-order valence-corrected chi connectivity index (χ4v) is 6.76. The number of fused-ring (bicyclic) bond motifs is 7. The van der Waals surface area contributed by atoms with E-state index in [4.69, 9.17) is 4.98 Å². The van der Waals surface area contributed by atoms with E-state index in [1.165, 1.54) is 54.6 Å². The van der Waals surface area contributed by atoms with Crippen LogP contribution in [0.15, 0.2) is 152 Å². The van der Waals surface area contributed by atoms with Crippen LogP contribution in [0.1, 0.15) is 0 Å². The van der Waals surface area contributed by atoms with E-state index in [2.05, 4.69) is 149 Å². The molecule has 6 aromatic carbocycles. The van der Waals surface area contributed by atoms with Crippen molar-refractivity contribution in [1.29, 1.82) is 0 Å². The van der Waals surface area contributed by atoms with Crippen LogP contribution in [-0.2, 0) is 0 Å². The van der Waals surface area contributed by atoms with Crippen molar-refractivity contribution >= 4 is 54.5 Å². The summed E-state index contributed by atoms with van der Waals surface area (Å²) in [5, 5.41) is 7.32. The zero-order chi connectivity index (χ0) is 27.6.